The van der Waals surface area contributed by atoms with Crippen molar-refractivity contribution >= 4 is 35.7 Å². The van der Waals surface area contributed by atoms with Gasteiger partial charge in [0.25, 0.3) is 0 Å². The fourth-order valence-corrected chi connectivity index (χ4v) is 4.84. The fourth-order valence-electron chi connectivity index (χ4n) is 4.84. The zero-order valence-corrected chi connectivity index (χ0v) is 25.7. The van der Waals surface area contributed by atoms with Crippen molar-refractivity contribution in [1.29, 1.82) is 5.41 Å². The lowest BCUT2D eigenvalue weighted by Gasteiger charge is -2.30. The second-order valence-electron chi connectivity index (χ2n) is 10.5. The van der Waals surface area contributed by atoms with Gasteiger partial charge in [-0.15, -0.1) is 12.4 Å². The minimum atomic E-state index is -1.09. The maximum absolute atomic E-state index is 15.5. The number of carboxylic acids is 1. The summed E-state index contributed by atoms with van der Waals surface area (Å²) in [7, 11) is 0. The first-order valence-corrected chi connectivity index (χ1v) is 13.6. The molecule has 0 saturated heterocycles. The number of anilines is 1. The third-order valence-electron chi connectivity index (χ3n) is 6.75. The minimum absolute atomic E-state index is 0. The van der Waals surface area contributed by atoms with Crippen LogP contribution >= 0.6 is 12.4 Å². The maximum Gasteiger partial charge on any atom is 0.341 e. The molecule has 0 saturated carbocycles. The van der Waals surface area contributed by atoms with E-state index in [0.29, 0.717) is 47.8 Å². The molecule has 0 bridgehead atoms. The molecule has 0 atom stereocenters. The number of hydrogen-bond donors (Lipinski definition) is 2. The molecule has 41 heavy (non-hydrogen) atoms. The maximum atomic E-state index is 15.5. The molecule has 0 amide bonds. The number of fused-ring (bicyclic) bond motifs is 1. The van der Waals surface area contributed by atoms with E-state index < -0.39 is 23.8 Å². The number of rotatable bonds is 13. The van der Waals surface area contributed by atoms with Gasteiger partial charge in [0.15, 0.2) is 29.7 Å². The number of benzene rings is 2. The van der Waals surface area contributed by atoms with Gasteiger partial charge in [-0.3, -0.25) is 10.2 Å². The highest BCUT2D eigenvalue weighted by Gasteiger charge is 2.34. The number of ether oxygens (including phenoxy) is 3. The van der Waals surface area contributed by atoms with E-state index in [2.05, 4.69) is 0 Å². The Bertz CT molecular complexity index is 1290. The molecule has 0 aromatic heterocycles. The van der Waals surface area contributed by atoms with Crippen molar-refractivity contribution in [2.24, 2.45) is 0 Å². The molecule has 0 radical (unpaired) electrons. The third kappa shape index (κ3) is 7.22. The molecule has 0 unspecified atom stereocenters. The van der Waals surface area contributed by atoms with Crippen molar-refractivity contribution in [2.45, 2.75) is 60.4 Å². The van der Waals surface area contributed by atoms with Gasteiger partial charge >= 0.3 is 5.97 Å². The van der Waals surface area contributed by atoms with Crippen molar-refractivity contribution in [3.05, 3.63) is 46.3 Å². The highest BCUT2D eigenvalue weighted by molar-refractivity contribution is 6.06. The summed E-state index contributed by atoms with van der Waals surface area (Å²) >= 11 is 0. The van der Waals surface area contributed by atoms with Gasteiger partial charge < -0.3 is 29.1 Å². The number of hydrogen-bond acceptors (Lipinski definition) is 7. The van der Waals surface area contributed by atoms with Crippen LogP contribution in [0.5, 0.6) is 17.2 Å². The van der Waals surface area contributed by atoms with E-state index >= 15 is 4.39 Å². The zero-order valence-electron chi connectivity index (χ0n) is 24.9. The Morgan fingerprint density at radius 1 is 1.02 bits per heavy atom. The highest BCUT2D eigenvalue weighted by atomic mass is 35.5. The van der Waals surface area contributed by atoms with Crippen LogP contribution in [-0.2, 0) is 16.8 Å². The summed E-state index contributed by atoms with van der Waals surface area (Å²) in [5.41, 5.74) is 1.95. The zero-order chi connectivity index (χ0) is 29.8. The van der Waals surface area contributed by atoms with E-state index in [1.165, 1.54) is 4.90 Å². The van der Waals surface area contributed by atoms with E-state index in [1.807, 2.05) is 39.5 Å². The summed E-state index contributed by atoms with van der Waals surface area (Å²) in [6, 6.07) is 5.13. The van der Waals surface area contributed by atoms with Crippen LogP contribution in [0.1, 0.15) is 75.5 Å². The molecule has 1 aliphatic rings. The van der Waals surface area contributed by atoms with Gasteiger partial charge in [-0.2, -0.15) is 0 Å². The first-order valence-electron chi connectivity index (χ1n) is 13.6. The molecule has 11 heteroatoms. The van der Waals surface area contributed by atoms with Gasteiger partial charge in [0.05, 0.1) is 31.0 Å². The summed E-state index contributed by atoms with van der Waals surface area (Å²) < 4.78 is 32.4. The topological polar surface area (TPSA) is 112 Å². The number of carboxylic acid groups (broad SMARTS) is 1. The molecule has 3 rings (SSSR count). The van der Waals surface area contributed by atoms with Crippen LogP contribution in [-0.4, -0.2) is 67.0 Å². The van der Waals surface area contributed by atoms with Gasteiger partial charge in [0, 0.05) is 30.8 Å². The van der Waals surface area contributed by atoms with E-state index in [1.54, 1.807) is 32.0 Å². The van der Waals surface area contributed by atoms with Crippen molar-refractivity contribution in [3.8, 4) is 17.2 Å². The average molecular weight is 594 g/mol. The summed E-state index contributed by atoms with van der Waals surface area (Å²) in [4.78, 5) is 28.6. The van der Waals surface area contributed by atoms with Gasteiger partial charge in [-0.25, -0.2) is 9.18 Å². The number of carbonyl (C=O) groups is 2. The number of nitrogens with zero attached hydrogens (tertiary/aromatic N) is 2. The predicted octanol–water partition coefficient (Wildman–Crippen LogP) is 5.68. The summed E-state index contributed by atoms with van der Waals surface area (Å²) in [5, 5.41) is 17.9. The molecular formula is C30H41ClFN3O6. The van der Waals surface area contributed by atoms with Crippen molar-refractivity contribution in [3.63, 3.8) is 0 Å². The monoisotopic (exact) mass is 593 g/mol. The Morgan fingerprint density at radius 3 is 2.20 bits per heavy atom. The van der Waals surface area contributed by atoms with Crippen molar-refractivity contribution in [2.75, 3.05) is 44.4 Å². The van der Waals surface area contributed by atoms with E-state index in [0.717, 1.165) is 0 Å². The molecule has 0 fully saturated rings. The standard InChI is InChI=1S/C30H40FN3O6.ClH/c1-8-33(9-2)21-13-18(12-20(30(5,6)7)27(21)40-17-24(36)37)22(35)16-34-15-19-14-23(38-10-3)28(39-11-4)26(31)25(19)29(34)32;/h12-14,32H,8-11,15-17H2,1-7H3,(H,36,37);1H. The van der Waals surface area contributed by atoms with Crippen LogP contribution < -0.4 is 19.1 Å². The molecule has 1 heterocycles. The van der Waals surface area contributed by atoms with E-state index in [9.17, 15) is 14.7 Å². The van der Waals surface area contributed by atoms with Gasteiger partial charge in [-0.1, -0.05) is 20.8 Å². The number of halogens is 2. The number of nitrogens with one attached hydrogen (secondary N) is 1. The lowest BCUT2D eigenvalue weighted by Crippen LogP contribution is -2.31. The Hall–Kier alpha value is -3.53. The SMILES string of the molecule is CCOc1cc2c(c(F)c1OCC)C(=N)N(CC(=O)c1cc(N(CC)CC)c(OCC(=O)O)c(C(C)(C)C)c1)C2.Cl. The second kappa shape index (κ2) is 13.9. The summed E-state index contributed by atoms with van der Waals surface area (Å²) in [6.45, 7) is 14.7. The molecule has 9 nitrogen and oxygen atoms in total. The van der Waals surface area contributed by atoms with Crippen molar-refractivity contribution < 1.29 is 33.3 Å². The molecule has 2 aromatic rings. The largest absolute Gasteiger partial charge is 0.490 e. The van der Waals surface area contributed by atoms with E-state index in [-0.39, 0.29) is 60.8 Å². The smallest absolute Gasteiger partial charge is 0.341 e. The van der Waals surface area contributed by atoms with Gasteiger partial charge in [-0.05, 0) is 56.9 Å². The summed E-state index contributed by atoms with van der Waals surface area (Å²) in [6.07, 6.45) is 0. The number of carbonyl (C=O) groups excluding carboxylic acids is 1. The Kier molecular flexibility index (Phi) is 11.4. The number of aliphatic carboxylic acids is 1. The highest BCUT2D eigenvalue weighted by Crippen LogP contribution is 2.42. The second-order valence-corrected chi connectivity index (χ2v) is 10.5. The molecular weight excluding hydrogens is 553 g/mol. The predicted molar refractivity (Wildman–Crippen MR) is 159 cm³/mol. The lowest BCUT2D eigenvalue weighted by atomic mass is 9.84. The van der Waals surface area contributed by atoms with Crippen LogP contribution in [0.3, 0.4) is 0 Å². The summed E-state index contributed by atoms with van der Waals surface area (Å²) in [5.74, 6) is -1.42. The number of Topliss-reactive ketones (excluding diaryl/α,β-unsaturated/α-hetero) is 1. The number of amidine groups is 1. The first kappa shape index (κ1) is 33.7. The lowest BCUT2D eigenvalue weighted by molar-refractivity contribution is -0.139. The van der Waals surface area contributed by atoms with Crippen LogP contribution in [0, 0.1) is 11.2 Å². The van der Waals surface area contributed by atoms with Crippen LogP contribution in [0.4, 0.5) is 10.1 Å². The molecule has 226 valence electrons. The molecule has 0 spiro atoms. The molecule has 1 aliphatic heterocycles. The average Bonchev–Trinajstić information content (AvgIpc) is 3.19. The molecule has 0 aliphatic carbocycles. The fraction of sp³-hybridized carbons (Fsp3) is 0.500. The Labute approximate surface area is 247 Å². The van der Waals surface area contributed by atoms with Crippen LogP contribution in [0.25, 0.3) is 0 Å². The first-order chi connectivity index (χ1) is 18.9. The molecule has 2 N–H and O–H groups in total. The minimum Gasteiger partial charge on any atom is -0.490 e. The Balaban J connectivity index is 0.00000588. The van der Waals surface area contributed by atoms with Crippen LogP contribution in [0.2, 0.25) is 0 Å². The Morgan fingerprint density at radius 2 is 1.66 bits per heavy atom. The van der Waals surface area contributed by atoms with Crippen LogP contribution in [0.15, 0.2) is 18.2 Å². The van der Waals surface area contributed by atoms with Crippen molar-refractivity contribution in [1.82, 2.24) is 4.90 Å². The molecule has 2 aromatic carbocycles. The number of ketones is 1. The third-order valence-corrected chi connectivity index (χ3v) is 6.75. The van der Waals surface area contributed by atoms with Gasteiger partial charge in [0.1, 0.15) is 11.6 Å². The van der Waals surface area contributed by atoms with Gasteiger partial charge in [0.2, 0.25) is 0 Å². The normalized spacial score (nSPS) is 12.5. The quantitative estimate of drug-likeness (QED) is 0.285. The van der Waals surface area contributed by atoms with E-state index in [4.69, 9.17) is 19.6 Å².